The lowest BCUT2D eigenvalue weighted by atomic mass is 9.45. The lowest BCUT2D eigenvalue weighted by molar-refractivity contribution is -0.113. The maximum Gasteiger partial charge on any atom is 0.0757 e. The Morgan fingerprint density at radius 2 is 1.88 bits per heavy atom. The van der Waals surface area contributed by atoms with E-state index in [1.807, 2.05) is 6.08 Å². The number of rotatable bonds is 0. The Labute approximate surface area is 145 Å². The van der Waals surface area contributed by atoms with Crippen molar-refractivity contribution in [3.63, 3.8) is 0 Å². The second-order valence-electron chi connectivity index (χ2n) is 9.21. The predicted molar refractivity (Wildman–Crippen MR) is 92.8 cm³/mol. The molecule has 0 aromatic rings. The summed E-state index contributed by atoms with van der Waals surface area (Å²) in [7, 11) is 0. The summed E-state index contributed by atoms with van der Waals surface area (Å²) in [5.74, 6) is 3.89. The average Bonchev–Trinajstić information content (AvgIpc) is 2.84. The quantitative estimate of drug-likeness (QED) is 0.472. The highest BCUT2D eigenvalue weighted by atomic mass is 16.3. The summed E-state index contributed by atoms with van der Waals surface area (Å²) in [6, 6.07) is 0. The minimum atomic E-state index is -0.475. The molecular formula is C21H30O3. The number of aliphatic hydroxyl groups excluding tert-OH is 3. The Kier molecular flexibility index (Phi) is 3.70. The standard InChI is InChI=1S/C21H30O3/c1-4-12-9-14(22)10-13-11-17(23)19-15-5-6-18(24)20(15,2)8-7-16(19)21(12,13)3/h1,11-12,14-19,22-24H,5-10H2,2-3H3/t12?,14-,15+,16+,17-,18-,19+,20+,21+/m1/s1. The van der Waals surface area contributed by atoms with Crippen molar-refractivity contribution in [3.05, 3.63) is 11.6 Å². The highest BCUT2D eigenvalue weighted by molar-refractivity contribution is 5.32. The van der Waals surface area contributed by atoms with E-state index in [4.69, 9.17) is 6.42 Å². The molecule has 1 unspecified atom stereocenters. The van der Waals surface area contributed by atoms with Crippen LogP contribution in [0.3, 0.4) is 0 Å². The van der Waals surface area contributed by atoms with Gasteiger partial charge in [0.25, 0.3) is 0 Å². The van der Waals surface area contributed by atoms with E-state index in [0.717, 1.165) is 25.7 Å². The first kappa shape index (κ1) is 16.6. The van der Waals surface area contributed by atoms with E-state index in [1.54, 1.807) is 0 Å². The first-order valence-corrected chi connectivity index (χ1v) is 9.54. The fraction of sp³-hybridized carbons (Fsp3) is 0.810. The Morgan fingerprint density at radius 1 is 1.12 bits per heavy atom. The third-order valence-corrected chi connectivity index (χ3v) is 8.40. The maximum absolute atomic E-state index is 11.0. The highest BCUT2D eigenvalue weighted by Gasteiger charge is 2.62. The molecule has 132 valence electrons. The van der Waals surface area contributed by atoms with Crippen LogP contribution in [0.5, 0.6) is 0 Å². The summed E-state index contributed by atoms with van der Waals surface area (Å²) in [5.41, 5.74) is 0.983. The molecule has 0 amide bonds. The molecule has 0 heterocycles. The van der Waals surface area contributed by atoms with Crippen LogP contribution in [0.15, 0.2) is 11.6 Å². The molecule has 0 bridgehead atoms. The van der Waals surface area contributed by atoms with Gasteiger partial charge in [0.1, 0.15) is 0 Å². The Hall–Kier alpha value is -0.820. The Bertz CT molecular complexity index is 605. The van der Waals surface area contributed by atoms with Crippen LogP contribution < -0.4 is 0 Å². The van der Waals surface area contributed by atoms with Gasteiger partial charge in [-0.2, -0.15) is 0 Å². The van der Waals surface area contributed by atoms with Gasteiger partial charge in [0.15, 0.2) is 0 Å². The zero-order chi connectivity index (χ0) is 17.3. The van der Waals surface area contributed by atoms with E-state index in [1.165, 1.54) is 5.57 Å². The lowest BCUT2D eigenvalue weighted by Gasteiger charge is -2.60. The van der Waals surface area contributed by atoms with Crippen molar-refractivity contribution in [1.29, 1.82) is 0 Å². The zero-order valence-electron chi connectivity index (χ0n) is 14.8. The average molecular weight is 330 g/mol. The van der Waals surface area contributed by atoms with Gasteiger partial charge in [-0.3, -0.25) is 0 Å². The van der Waals surface area contributed by atoms with Crippen molar-refractivity contribution in [2.75, 3.05) is 0 Å². The van der Waals surface area contributed by atoms with Gasteiger partial charge < -0.3 is 15.3 Å². The molecule has 4 aliphatic carbocycles. The molecule has 0 saturated heterocycles. The van der Waals surface area contributed by atoms with Gasteiger partial charge in [0.05, 0.1) is 18.3 Å². The highest BCUT2D eigenvalue weighted by Crippen LogP contribution is 2.65. The van der Waals surface area contributed by atoms with Crippen LogP contribution in [0.25, 0.3) is 0 Å². The fourth-order valence-corrected chi connectivity index (χ4v) is 6.94. The molecule has 0 radical (unpaired) electrons. The number of hydrogen-bond donors (Lipinski definition) is 3. The minimum Gasteiger partial charge on any atom is -0.393 e. The summed E-state index contributed by atoms with van der Waals surface area (Å²) < 4.78 is 0. The van der Waals surface area contributed by atoms with Crippen molar-refractivity contribution < 1.29 is 15.3 Å². The smallest absolute Gasteiger partial charge is 0.0757 e. The monoisotopic (exact) mass is 330 g/mol. The van der Waals surface area contributed by atoms with Crippen molar-refractivity contribution in [2.45, 2.75) is 70.7 Å². The van der Waals surface area contributed by atoms with Gasteiger partial charge in [0, 0.05) is 11.3 Å². The maximum atomic E-state index is 11.0. The zero-order valence-corrected chi connectivity index (χ0v) is 14.8. The van der Waals surface area contributed by atoms with Crippen LogP contribution in [0.2, 0.25) is 0 Å². The predicted octanol–water partition coefficient (Wildman–Crippen LogP) is 2.50. The van der Waals surface area contributed by atoms with E-state index in [0.29, 0.717) is 24.7 Å². The van der Waals surface area contributed by atoms with Gasteiger partial charge in [-0.15, -0.1) is 12.3 Å². The fourth-order valence-electron chi connectivity index (χ4n) is 6.94. The van der Waals surface area contributed by atoms with E-state index >= 15 is 0 Å². The first-order valence-electron chi connectivity index (χ1n) is 9.54. The number of hydrogen-bond acceptors (Lipinski definition) is 3. The van der Waals surface area contributed by atoms with Crippen molar-refractivity contribution in [3.8, 4) is 12.3 Å². The van der Waals surface area contributed by atoms with Gasteiger partial charge >= 0.3 is 0 Å². The van der Waals surface area contributed by atoms with Crippen molar-refractivity contribution in [2.24, 2.45) is 34.5 Å². The molecule has 0 aromatic heterocycles. The van der Waals surface area contributed by atoms with E-state index in [-0.39, 0.29) is 28.8 Å². The van der Waals surface area contributed by atoms with Crippen LogP contribution in [-0.4, -0.2) is 33.6 Å². The van der Waals surface area contributed by atoms with E-state index in [9.17, 15) is 15.3 Å². The third-order valence-electron chi connectivity index (χ3n) is 8.40. The largest absolute Gasteiger partial charge is 0.393 e. The molecule has 9 atom stereocenters. The molecule has 0 aliphatic heterocycles. The molecular weight excluding hydrogens is 300 g/mol. The van der Waals surface area contributed by atoms with Crippen molar-refractivity contribution in [1.82, 2.24) is 0 Å². The van der Waals surface area contributed by atoms with Crippen LogP contribution in [-0.2, 0) is 0 Å². The molecule has 3 fully saturated rings. The number of fused-ring (bicyclic) bond motifs is 5. The van der Waals surface area contributed by atoms with E-state index < -0.39 is 12.2 Å². The molecule has 3 saturated carbocycles. The van der Waals surface area contributed by atoms with Gasteiger partial charge in [-0.1, -0.05) is 25.5 Å². The molecule has 0 spiro atoms. The van der Waals surface area contributed by atoms with Crippen LogP contribution in [0.4, 0.5) is 0 Å². The van der Waals surface area contributed by atoms with Crippen LogP contribution in [0.1, 0.15) is 52.4 Å². The summed E-state index contributed by atoms with van der Waals surface area (Å²) in [5, 5.41) is 31.7. The topological polar surface area (TPSA) is 60.7 Å². The van der Waals surface area contributed by atoms with Crippen molar-refractivity contribution >= 4 is 0 Å². The molecule has 3 nitrogen and oxygen atoms in total. The number of aliphatic hydroxyl groups is 3. The first-order chi connectivity index (χ1) is 11.3. The normalized spacial score (nSPS) is 56.5. The van der Waals surface area contributed by atoms with Crippen LogP contribution >= 0.6 is 0 Å². The van der Waals surface area contributed by atoms with E-state index in [2.05, 4.69) is 19.8 Å². The SMILES string of the molecule is C#CC1C[C@@H](O)CC2=C[C@@H](O)[C@H]3[C@@H]4CC[C@@H](O)[C@@]4(C)CC[C@@H]3[C@]21C. The van der Waals surface area contributed by atoms with Crippen LogP contribution in [0, 0.1) is 46.8 Å². The molecule has 0 aromatic carbocycles. The lowest BCUT2D eigenvalue weighted by Crippen LogP contribution is -2.57. The molecule has 3 heteroatoms. The molecule has 24 heavy (non-hydrogen) atoms. The summed E-state index contributed by atoms with van der Waals surface area (Å²) in [6.07, 6.45) is 11.9. The molecule has 4 aliphatic rings. The molecule has 4 rings (SSSR count). The number of terminal acetylenes is 1. The second-order valence-corrected chi connectivity index (χ2v) is 9.21. The Morgan fingerprint density at radius 3 is 2.58 bits per heavy atom. The second kappa shape index (κ2) is 5.34. The van der Waals surface area contributed by atoms with Gasteiger partial charge in [0.2, 0.25) is 0 Å². The Balaban J connectivity index is 1.78. The van der Waals surface area contributed by atoms with Gasteiger partial charge in [-0.25, -0.2) is 0 Å². The third kappa shape index (κ3) is 1.97. The summed E-state index contributed by atoms with van der Waals surface area (Å²) >= 11 is 0. The summed E-state index contributed by atoms with van der Waals surface area (Å²) in [4.78, 5) is 0. The van der Waals surface area contributed by atoms with Gasteiger partial charge in [-0.05, 0) is 61.7 Å². The molecule has 3 N–H and O–H groups in total. The summed E-state index contributed by atoms with van der Waals surface area (Å²) in [6.45, 7) is 4.48. The minimum absolute atomic E-state index is 0.0307.